The predicted octanol–water partition coefficient (Wildman–Crippen LogP) is 1.53. The van der Waals surface area contributed by atoms with Gasteiger partial charge in [0, 0.05) is 6.54 Å². The van der Waals surface area contributed by atoms with Crippen molar-refractivity contribution in [1.82, 2.24) is 5.32 Å². The van der Waals surface area contributed by atoms with E-state index in [0.29, 0.717) is 6.54 Å². The fourth-order valence-corrected chi connectivity index (χ4v) is 1.37. The van der Waals surface area contributed by atoms with Crippen molar-refractivity contribution in [2.45, 2.75) is 32.9 Å². The molecule has 18 heavy (non-hydrogen) atoms. The number of carbonyl (C=O) groups is 1. The van der Waals surface area contributed by atoms with Crippen molar-refractivity contribution in [2.24, 2.45) is 0 Å². The van der Waals surface area contributed by atoms with Gasteiger partial charge in [-0.3, -0.25) is 4.79 Å². The summed E-state index contributed by atoms with van der Waals surface area (Å²) in [5.74, 6) is -0.664. The number of esters is 1. The second kappa shape index (κ2) is 5.73. The van der Waals surface area contributed by atoms with Crippen LogP contribution in [0.15, 0.2) is 18.2 Å². The molecule has 0 unspecified atom stereocenters. The van der Waals surface area contributed by atoms with Gasteiger partial charge in [0.1, 0.15) is 5.60 Å². The van der Waals surface area contributed by atoms with E-state index in [1.807, 2.05) is 20.8 Å². The third-order valence-corrected chi connectivity index (χ3v) is 2.06. The summed E-state index contributed by atoms with van der Waals surface area (Å²) in [5, 5.41) is 21.3. The number of hydrogen-bond acceptors (Lipinski definition) is 5. The standard InChI is InChI=1S/C13H19NO4/c1-13(2,3)18-12(17)8-14-7-9-4-5-10(15)11(16)6-9/h4-6,14-16H,7-8H2,1-3H3. The lowest BCUT2D eigenvalue weighted by molar-refractivity contribution is -0.153. The van der Waals surface area contributed by atoms with Gasteiger partial charge < -0.3 is 20.3 Å². The van der Waals surface area contributed by atoms with Crippen LogP contribution in [-0.4, -0.2) is 28.3 Å². The zero-order valence-electron chi connectivity index (χ0n) is 10.9. The molecular weight excluding hydrogens is 234 g/mol. The van der Waals surface area contributed by atoms with Gasteiger partial charge in [-0.15, -0.1) is 0 Å². The molecular formula is C13H19NO4. The molecule has 0 amide bonds. The maximum Gasteiger partial charge on any atom is 0.320 e. The number of hydrogen-bond donors (Lipinski definition) is 3. The minimum Gasteiger partial charge on any atom is -0.504 e. The maximum atomic E-state index is 11.4. The SMILES string of the molecule is CC(C)(C)OC(=O)CNCc1ccc(O)c(O)c1. The summed E-state index contributed by atoms with van der Waals surface area (Å²) in [5.41, 5.74) is 0.282. The van der Waals surface area contributed by atoms with Crippen LogP contribution in [0.25, 0.3) is 0 Å². The first-order chi connectivity index (χ1) is 8.28. The Morgan fingerprint density at radius 3 is 2.50 bits per heavy atom. The van der Waals surface area contributed by atoms with Crippen LogP contribution < -0.4 is 5.32 Å². The van der Waals surface area contributed by atoms with Gasteiger partial charge in [0.05, 0.1) is 6.54 Å². The van der Waals surface area contributed by atoms with Crippen molar-refractivity contribution in [3.8, 4) is 11.5 Å². The number of ether oxygens (including phenoxy) is 1. The molecule has 0 saturated heterocycles. The first kappa shape index (κ1) is 14.3. The van der Waals surface area contributed by atoms with Crippen LogP contribution in [0.4, 0.5) is 0 Å². The molecule has 1 aromatic carbocycles. The number of aromatic hydroxyl groups is 2. The molecule has 0 atom stereocenters. The monoisotopic (exact) mass is 253 g/mol. The van der Waals surface area contributed by atoms with Crippen LogP contribution in [0, 0.1) is 0 Å². The van der Waals surface area contributed by atoms with Gasteiger partial charge in [-0.1, -0.05) is 6.07 Å². The van der Waals surface area contributed by atoms with Gasteiger partial charge in [-0.05, 0) is 38.5 Å². The van der Waals surface area contributed by atoms with Crippen molar-refractivity contribution >= 4 is 5.97 Å². The molecule has 0 aliphatic rings. The van der Waals surface area contributed by atoms with Gasteiger partial charge in [0.15, 0.2) is 11.5 Å². The van der Waals surface area contributed by atoms with Gasteiger partial charge in [0.25, 0.3) is 0 Å². The Hall–Kier alpha value is -1.75. The largest absolute Gasteiger partial charge is 0.504 e. The normalized spacial score (nSPS) is 11.3. The van der Waals surface area contributed by atoms with Gasteiger partial charge in [-0.2, -0.15) is 0 Å². The first-order valence-corrected chi connectivity index (χ1v) is 5.71. The van der Waals surface area contributed by atoms with Crippen LogP contribution in [-0.2, 0) is 16.1 Å². The summed E-state index contributed by atoms with van der Waals surface area (Å²) in [6.07, 6.45) is 0. The topological polar surface area (TPSA) is 78.8 Å². The Balaban J connectivity index is 2.38. The molecule has 0 spiro atoms. The molecule has 0 heterocycles. The lowest BCUT2D eigenvalue weighted by Gasteiger charge is -2.19. The summed E-state index contributed by atoms with van der Waals surface area (Å²) in [4.78, 5) is 11.4. The first-order valence-electron chi connectivity index (χ1n) is 5.71. The minimum atomic E-state index is -0.491. The Kier molecular flexibility index (Phi) is 4.55. The van der Waals surface area contributed by atoms with Crippen molar-refractivity contribution in [2.75, 3.05) is 6.54 Å². The Morgan fingerprint density at radius 1 is 1.28 bits per heavy atom. The van der Waals surface area contributed by atoms with E-state index in [9.17, 15) is 9.90 Å². The molecule has 1 aromatic rings. The smallest absolute Gasteiger partial charge is 0.320 e. The third-order valence-electron chi connectivity index (χ3n) is 2.06. The van der Waals surface area contributed by atoms with Crippen LogP contribution >= 0.6 is 0 Å². The number of nitrogens with one attached hydrogen (secondary N) is 1. The fraction of sp³-hybridized carbons (Fsp3) is 0.462. The Labute approximate surface area is 106 Å². The highest BCUT2D eigenvalue weighted by molar-refractivity contribution is 5.72. The molecule has 0 aliphatic heterocycles. The molecule has 3 N–H and O–H groups in total. The quantitative estimate of drug-likeness (QED) is 0.560. The number of phenolic OH excluding ortho intramolecular Hbond substituents is 2. The summed E-state index contributed by atoms with van der Waals surface area (Å²) in [7, 11) is 0. The Morgan fingerprint density at radius 2 is 1.94 bits per heavy atom. The van der Waals surface area contributed by atoms with E-state index < -0.39 is 5.60 Å². The molecule has 5 nitrogen and oxygen atoms in total. The molecule has 5 heteroatoms. The molecule has 0 aliphatic carbocycles. The summed E-state index contributed by atoms with van der Waals surface area (Å²) in [6, 6.07) is 4.51. The maximum absolute atomic E-state index is 11.4. The highest BCUT2D eigenvalue weighted by Gasteiger charge is 2.15. The van der Waals surface area contributed by atoms with Gasteiger partial charge in [0.2, 0.25) is 0 Å². The summed E-state index contributed by atoms with van der Waals surface area (Å²) < 4.78 is 5.13. The number of benzene rings is 1. The molecule has 0 bridgehead atoms. The lowest BCUT2D eigenvalue weighted by Crippen LogP contribution is -2.31. The van der Waals surface area contributed by atoms with Gasteiger partial charge >= 0.3 is 5.97 Å². The Bertz CT molecular complexity index is 423. The van der Waals surface area contributed by atoms with Crippen LogP contribution in [0.3, 0.4) is 0 Å². The van der Waals surface area contributed by atoms with Crippen molar-refractivity contribution in [1.29, 1.82) is 0 Å². The van der Waals surface area contributed by atoms with E-state index in [0.717, 1.165) is 5.56 Å². The highest BCUT2D eigenvalue weighted by Crippen LogP contribution is 2.24. The fourth-order valence-electron chi connectivity index (χ4n) is 1.37. The number of carbonyl (C=O) groups excluding carboxylic acids is 1. The average molecular weight is 253 g/mol. The second-order valence-electron chi connectivity index (χ2n) is 5.01. The number of rotatable bonds is 4. The molecule has 0 saturated carbocycles. The number of phenols is 2. The predicted molar refractivity (Wildman–Crippen MR) is 67.3 cm³/mol. The molecule has 100 valence electrons. The molecule has 0 radical (unpaired) electrons. The van der Waals surface area contributed by atoms with E-state index in [-0.39, 0.29) is 24.0 Å². The molecule has 1 rings (SSSR count). The average Bonchev–Trinajstić information content (AvgIpc) is 2.20. The molecule has 0 fully saturated rings. The van der Waals surface area contributed by atoms with Crippen LogP contribution in [0.1, 0.15) is 26.3 Å². The van der Waals surface area contributed by atoms with E-state index in [1.54, 1.807) is 6.07 Å². The molecule has 0 aromatic heterocycles. The summed E-state index contributed by atoms with van der Waals surface area (Å²) >= 11 is 0. The highest BCUT2D eigenvalue weighted by atomic mass is 16.6. The van der Waals surface area contributed by atoms with Crippen molar-refractivity contribution in [3.63, 3.8) is 0 Å². The van der Waals surface area contributed by atoms with Crippen molar-refractivity contribution < 1.29 is 19.7 Å². The van der Waals surface area contributed by atoms with E-state index in [4.69, 9.17) is 9.84 Å². The lowest BCUT2D eigenvalue weighted by atomic mass is 10.2. The van der Waals surface area contributed by atoms with Crippen LogP contribution in [0.2, 0.25) is 0 Å². The minimum absolute atomic E-state index is 0.0961. The van der Waals surface area contributed by atoms with Crippen molar-refractivity contribution in [3.05, 3.63) is 23.8 Å². The zero-order valence-corrected chi connectivity index (χ0v) is 10.9. The zero-order chi connectivity index (χ0) is 13.8. The third kappa shape index (κ3) is 5.05. The second-order valence-corrected chi connectivity index (χ2v) is 5.01. The van der Waals surface area contributed by atoms with E-state index in [2.05, 4.69) is 5.32 Å². The summed E-state index contributed by atoms with van der Waals surface area (Å²) in [6.45, 7) is 5.93. The van der Waals surface area contributed by atoms with Gasteiger partial charge in [-0.25, -0.2) is 0 Å². The van der Waals surface area contributed by atoms with E-state index in [1.165, 1.54) is 12.1 Å². The van der Waals surface area contributed by atoms with E-state index >= 15 is 0 Å². The van der Waals surface area contributed by atoms with Crippen LogP contribution in [0.5, 0.6) is 11.5 Å².